The molecule has 3 N–H and O–H groups in total. The Morgan fingerprint density at radius 3 is 3.00 bits per heavy atom. The van der Waals surface area contributed by atoms with Gasteiger partial charge >= 0.3 is 0 Å². The molecule has 0 bridgehead atoms. The molecule has 0 saturated carbocycles. The van der Waals surface area contributed by atoms with Crippen molar-refractivity contribution in [2.75, 3.05) is 20.1 Å². The highest BCUT2D eigenvalue weighted by molar-refractivity contribution is 5.07. The van der Waals surface area contributed by atoms with Crippen molar-refractivity contribution >= 4 is 0 Å². The average Bonchev–Trinajstić information content (AvgIpc) is 2.19. The Balaban J connectivity index is 2.37. The molecule has 1 heterocycles. The maximum atomic E-state index is 9.32. The van der Waals surface area contributed by atoms with E-state index in [-0.39, 0.29) is 0 Å². The van der Waals surface area contributed by atoms with Gasteiger partial charge in [-0.15, -0.1) is 0 Å². The molecule has 0 radical (unpaired) electrons. The van der Waals surface area contributed by atoms with E-state index in [1.165, 1.54) is 0 Å². The van der Waals surface area contributed by atoms with Crippen molar-refractivity contribution in [2.24, 2.45) is 5.73 Å². The average molecular weight is 195 g/mol. The molecule has 1 rings (SSSR count). The minimum absolute atomic E-state index is 0.303. The van der Waals surface area contributed by atoms with Gasteiger partial charge in [0.15, 0.2) is 0 Å². The second-order valence-corrected chi connectivity index (χ2v) is 3.45. The smallest absolute Gasteiger partial charge is 0.0789 e. The Hall–Kier alpha value is -0.970. The van der Waals surface area contributed by atoms with Crippen LogP contribution in [0.1, 0.15) is 5.56 Å². The summed E-state index contributed by atoms with van der Waals surface area (Å²) in [6, 6.07) is 3.92. The quantitative estimate of drug-likeness (QED) is 0.685. The third-order valence-corrected chi connectivity index (χ3v) is 1.97. The van der Waals surface area contributed by atoms with Gasteiger partial charge in [-0.05, 0) is 18.7 Å². The van der Waals surface area contributed by atoms with Crippen LogP contribution >= 0.6 is 0 Å². The van der Waals surface area contributed by atoms with Gasteiger partial charge in [0.05, 0.1) is 6.10 Å². The maximum Gasteiger partial charge on any atom is 0.0789 e. The number of nitrogens with two attached hydrogens (primary N) is 1. The minimum atomic E-state index is -0.448. The van der Waals surface area contributed by atoms with Crippen LogP contribution in [-0.2, 0) is 6.54 Å². The van der Waals surface area contributed by atoms with E-state index < -0.39 is 6.10 Å². The van der Waals surface area contributed by atoms with Crippen LogP contribution < -0.4 is 5.73 Å². The number of aliphatic hydroxyl groups is 1. The van der Waals surface area contributed by atoms with Crippen molar-refractivity contribution in [3.05, 3.63) is 30.1 Å². The molecule has 78 valence electrons. The van der Waals surface area contributed by atoms with Gasteiger partial charge in [0.25, 0.3) is 0 Å². The van der Waals surface area contributed by atoms with Crippen molar-refractivity contribution in [2.45, 2.75) is 12.6 Å². The molecule has 0 aromatic carbocycles. The van der Waals surface area contributed by atoms with Crippen LogP contribution in [0, 0.1) is 0 Å². The topological polar surface area (TPSA) is 62.4 Å². The second-order valence-electron chi connectivity index (χ2n) is 3.45. The van der Waals surface area contributed by atoms with E-state index in [1.54, 1.807) is 6.20 Å². The Kier molecular flexibility index (Phi) is 4.52. The zero-order valence-corrected chi connectivity index (χ0v) is 8.43. The normalized spacial score (nSPS) is 13.1. The third kappa shape index (κ3) is 3.83. The van der Waals surface area contributed by atoms with Gasteiger partial charge in [-0.1, -0.05) is 6.07 Å². The second kappa shape index (κ2) is 5.70. The Bertz CT molecular complexity index is 253. The molecular weight excluding hydrogens is 178 g/mol. The molecule has 14 heavy (non-hydrogen) atoms. The highest BCUT2D eigenvalue weighted by Crippen LogP contribution is 2.00. The molecule has 1 atom stereocenters. The van der Waals surface area contributed by atoms with E-state index in [1.807, 2.05) is 30.3 Å². The first kappa shape index (κ1) is 11.1. The summed E-state index contributed by atoms with van der Waals surface area (Å²) < 4.78 is 0. The van der Waals surface area contributed by atoms with Crippen LogP contribution in [0.25, 0.3) is 0 Å². The fraction of sp³-hybridized carbons (Fsp3) is 0.500. The lowest BCUT2D eigenvalue weighted by atomic mass is 10.2. The van der Waals surface area contributed by atoms with Gasteiger partial charge in [-0.2, -0.15) is 0 Å². The molecule has 0 spiro atoms. The number of rotatable bonds is 5. The van der Waals surface area contributed by atoms with Crippen LogP contribution in [-0.4, -0.2) is 41.2 Å². The van der Waals surface area contributed by atoms with Crippen molar-refractivity contribution in [3.8, 4) is 0 Å². The van der Waals surface area contributed by atoms with Crippen molar-refractivity contribution in [1.29, 1.82) is 0 Å². The van der Waals surface area contributed by atoms with Crippen LogP contribution in [0.15, 0.2) is 24.5 Å². The summed E-state index contributed by atoms with van der Waals surface area (Å²) in [5.74, 6) is 0. The molecule has 0 aliphatic carbocycles. The number of aromatic nitrogens is 1. The first-order valence-electron chi connectivity index (χ1n) is 4.68. The molecule has 1 unspecified atom stereocenters. The lowest BCUT2D eigenvalue weighted by Crippen LogP contribution is -2.33. The van der Waals surface area contributed by atoms with E-state index >= 15 is 0 Å². The number of nitrogens with zero attached hydrogens (tertiary/aromatic N) is 2. The third-order valence-electron chi connectivity index (χ3n) is 1.97. The number of hydrogen-bond donors (Lipinski definition) is 2. The Morgan fingerprint density at radius 2 is 2.43 bits per heavy atom. The molecule has 0 fully saturated rings. The van der Waals surface area contributed by atoms with E-state index in [0.29, 0.717) is 13.1 Å². The van der Waals surface area contributed by atoms with Gasteiger partial charge in [0.2, 0.25) is 0 Å². The largest absolute Gasteiger partial charge is 0.390 e. The highest BCUT2D eigenvalue weighted by Gasteiger charge is 2.06. The summed E-state index contributed by atoms with van der Waals surface area (Å²) in [7, 11) is 1.95. The number of pyridine rings is 1. The van der Waals surface area contributed by atoms with Gasteiger partial charge in [0, 0.05) is 32.0 Å². The predicted octanol–water partition coefficient (Wildman–Crippen LogP) is -0.167. The van der Waals surface area contributed by atoms with Gasteiger partial charge in [-0.25, -0.2) is 0 Å². The van der Waals surface area contributed by atoms with Gasteiger partial charge < -0.3 is 10.8 Å². The molecule has 4 heteroatoms. The Labute approximate surface area is 84.4 Å². The number of likely N-dealkylation sites (N-methyl/N-ethyl adjacent to an activating group) is 1. The standard InChI is InChI=1S/C10H17N3O/c1-13(8-10(14)5-11)7-9-3-2-4-12-6-9/h2-4,6,10,14H,5,7-8,11H2,1H3. The zero-order chi connectivity index (χ0) is 10.4. The molecular formula is C10H17N3O. The Morgan fingerprint density at radius 1 is 1.64 bits per heavy atom. The summed E-state index contributed by atoms with van der Waals surface area (Å²) in [6.45, 7) is 1.67. The monoisotopic (exact) mass is 195 g/mol. The summed E-state index contributed by atoms with van der Waals surface area (Å²) in [6.07, 6.45) is 3.13. The minimum Gasteiger partial charge on any atom is -0.390 e. The predicted molar refractivity (Wildman–Crippen MR) is 55.6 cm³/mol. The summed E-state index contributed by atoms with van der Waals surface area (Å²) in [5, 5.41) is 9.32. The molecule has 0 aliphatic rings. The van der Waals surface area contributed by atoms with Gasteiger partial charge in [0.1, 0.15) is 0 Å². The van der Waals surface area contributed by atoms with Crippen LogP contribution in [0.5, 0.6) is 0 Å². The van der Waals surface area contributed by atoms with Crippen molar-refractivity contribution < 1.29 is 5.11 Å². The summed E-state index contributed by atoms with van der Waals surface area (Å²) >= 11 is 0. The van der Waals surface area contributed by atoms with E-state index in [0.717, 1.165) is 12.1 Å². The molecule has 4 nitrogen and oxygen atoms in total. The number of aliphatic hydroxyl groups excluding tert-OH is 1. The fourth-order valence-electron chi connectivity index (χ4n) is 1.30. The summed E-state index contributed by atoms with van der Waals surface area (Å²) in [4.78, 5) is 6.05. The summed E-state index contributed by atoms with van der Waals surface area (Å²) in [5.41, 5.74) is 6.46. The SMILES string of the molecule is CN(Cc1cccnc1)CC(O)CN. The van der Waals surface area contributed by atoms with Crippen molar-refractivity contribution in [3.63, 3.8) is 0 Å². The maximum absolute atomic E-state index is 9.32. The lowest BCUT2D eigenvalue weighted by molar-refractivity contribution is 0.129. The van der Waals surface area contributed by atoms with E-state index in [4.69, 9.17) is 5.73 Å². The lowest BCUT2D eigenvalue weighted by Gasteiger charge is -2.19. The molecule has 1 aromatic heterocycles. The van der Waals surface area contributed by atoms with Crippen LogP contribution in [0.4, 0.5) is 0 Å². The molecule has 0 amide bonds. The van der Waals surface area contributed by atoms with Crippen LogP contribution in [0.2, 0.25) is 0 Å². The highest BCUT2D eigenvalue weighted by atomic mass is 16.3. The first-order valence-corrected chi connectivity index (χ1v) is 4.68. The molecule has 0 aliphatic heterocycles. The zero-order valence-electron chi connectivity index (χ0n) is 8.43. The first-order chi connectivity index (χ1) is 6.72. The van der Waals surface area contributed by atoms with Gasteiger partial charge in [-0.3, -0.25) is 9.88 Å². The van der Waals surface area contributed by atoms with Crippen LogP contribution in [0.3, 0.4) is 0 Å². The fourth-order valence-corrected chi connectivity index (χ4v) is 1.30. The van der Waals surface area contributed by atoms with Crippen molar-refractivity contribution in [1.82, 2.24) is 9.88 Å². The molecule has 1 aromatic rings. The number of hydrogen-bond acceptors (Lipinski definition) is 4. The van der Waals surface area contributed by atoms with E-state index in [9.17, 15) is 5.11 Å². The molecule has 0 saturated heterocycles. The van der Waals surface area contributed by atoms with E-state index in [2.05, 4.69) is 4.98 Å².